The van der Waals surface area contributed by atoms with Gasteiger partial charge in [0, 0.05) is 24.2 Å². The molecule has 0 aromatic heterocycles. The Balaban J connectivity index is 0.959. The van der Waals surface area contributed by atoms with Crippen molar-refractivity contribution >= 4 is 61.6 Å². The Kier molecular flexibility index (Phi) is 15.9. The lowest BCUT2D eigenvalue weighted by Gasteiger charge is -2.31. The number of nitrogens with zero attached hydrogens (tertiary/aromatic N) is 2. The maximum atomic E-state index is 16.3. The van der Waals surface area contributed by atoms with Crippen LogP contribution >= 0.6 is 0 Å². The number of rotatable bonds is 21. The smallest absolute Gasteiger partial charge is 0.418 e. The molecule has 89 heavy (non-hydrogen) atoms. The van der Waals surface area contributed by atoms with E-state index in [1.165, 1.54) is 21.9 Å². The quantitative estimate of drug-likeness (QED) is 0.0405. The summed E-state index contributed by atoms with van der Waals surface area (Å²) in [5.74, 6) is 0.987. The first-order valence-corrected chi connectivity index (χ1v) is 29.2. The lowest BCUT2D eigenvalue weighted by molar-refractivity contribution is -0.138. The van der Waals surface area contributed by atoms with Gasteiger partial charge in [0.05, 0.1) is 22.5 Å². The van der Waals surface area contributed by atoms with E-state index in [-0.39, 0.29) is 74.9 Å². The molecule has 0 spiro atoms. The third-order valence-electron chi connectivity index (χ3n) is 16.9. The molecule has 1 unspecified atom stereocenters. The molecule has 448 valence electrons. The molecule has 0 saturated carbocycles. The van der Waals surface area contributed by atoms with E-state index in [4.69, 9.17) is 18.9 Å². The van der Waals surface area contributed by atoms with Gasteiger partial charge in [-0.15, -0.1) is 0 Å². The normalized spacial score (nSPS) is 16.0. The number of hydrogen-bond acceptors (Lipinski definition) is 6. The number of hydrogen-bond donors (Lipinski definition) is 0. The van der Waals surface area contributed by atoms with E-state index in [1.807, 2.05) is 97.1 Å². The van der Waals surface area contributed by atoms with Crippen molar-refractivity contribution in [2.24, 2.45) is 0 Å². The molecule has 3 aliphatic rings. The fraction of sp³-hybridized carbons (Fsp3) is 0.173. The van der Waals surface area contributed by atoms with E-state index >= 15 is 35.9 Å². The second-order valence-corrected chi connectivity index (χ2v) is 22.1. The van der Waals surface area contributed by atoms with Gasteiger partial charge < -0.3 is 28.7 Å². The van der Waals surface area contributed by atoms with Crippen LogP contribution in [-0.2, 0) is 43.9 Å². The highest BCUT2D eigenvalue weighted by Gasteiger charge is 2.58. The highest BCUT2D eigenvalue weighted by molar-refractivity contribution is 6.16. The Hall–Kier alpha value is -10.1. The number of anilines is 2. The first-order valence-electron chi connectivity index (χ1n) is 29.2. The van der Waals surface area contributed by atoms with Gasteiger partial charge in [-0.05, 0) is 170 Å². The van der Waals surface area contributed by atoms with Gasteiger partial charge in [-0.25, -0.2) is 0 Å². The van der Waals surface area contributed by atoms with Crippen molar-refractivity contribution in [3.63, 3.8) is 0 Å². The topological polar surface area (TPSA) is 77.5 Å². The molecule has 1 aliphatic carbocycles. The first-order chi connectivity index (χ1) is 43.0. The summed E-state index contributed by atoms with van der Waals surface area (Å²) < 4.78 is 118. The number of carbonyl (C=O) groups is 2. The summed E-state index contributed by atoms with van der Waals surface area (Å²) in [6.45, 7) is 15.4. The Morgan fingerprint density at radius 2 is 0.809 bits per heavy atom. The molecule has 1 atom stereocenters. The molecule has 14 heteroatoms. The second kappa shape index (κ2) is 23.9. The highest BCUT2D eigenvalue weighted by atomic mass is 19.4. The van der Waals surface area contributed by atoms with Crippen LogP contribution in [0.15, 0.2) is 232 Å². The van der Waals surface area contributed by atoms with Crippen LogP contribution in [0.1, 0.15) is 68.5 Å². The van der Waals surface area contributed by atoms with Gasteiger partial charge in [-0.3, -0.25) is 9.59 Å². The molecule has 8 nitrogen and oxygen atoms in total. The van der Waals surface area contributed by atoms with Crippen LogP contribution in [0.5, 0.6) is 17.2 Å². The Morgan fingerprint density at radius 1 is 0.438 bits per heavy atom. The maximum absolute atomic E-state index is 16.3. The molecule has 0 fully saturated rings. The molecular formula is C75H60F6N2O6. The predicted octanol–water partition coefficient (Wildman–Crippen LogP) is 17.4. The largest absolute Gasteiger partial charge is 0.490 e. The summed E-state index contributed by atoms with van der Waals surface area (Å²) in [5.41, 5.74) is -3.03. The van der Waals surface area contributed by atoms with Gasteiger partial charge >= 0.3 is 12.4 Å². The van der Waals surface area contributed by atoms with Crippen molar-refractivity contribution < 1.29 is 54.9 Å². The summed E-state index contributed by atoms with van der Waals surface area (Å²) >= 11 is 0. The van der Waals surface area contributed by atoms with Crippen molar-refractivity contribution in [1.29, 1.82) is 0 Å². The summed E-state index contributed by atoms with van der Waals surface area (Å²) in [4.78, 5) is 34.9. The van der Waals surface area contributed by atoms with Crippen LogP contribution in [0, 0.1) is 0 Å². The molecule has 9 aromatic rings. The van der Waals surface area contributed by atoms with Crippen LogP contribution in [0.3, 0.4) is 0 Å². The highest BCUT2D eigenvalue weighted by Crippen LogP contribution is 2.57. The first kappa shape index (κ1) is 59.3. The minimum atomic E-state index is -4.94. The van der Waals surface area contributed by atoms with Gasteiger partial charge in [-0.2, -0.15) is 26.3 Å². The summed E-state index contributed by atoms with van der Waals surface area (Å²) in [6.07, 6.45) is 2.58. The van der Waals surface area contributed by atoms with Crippen LogP contribution in [-0.4, -0.2) is 51.3 Å². The van der Waals surface area contributed by atoms with E-state index in [0.717, 1.165) is 39.4 Å². The molecule has 2 heterocycles. The number of para-hydroxylation sites is 2. The monoisotopic (exact) mass is 1200 g/mol. The number of fused-ring (bicyclic) bond motifs is 6. The molecule has 2 amide bonds. The zero-order chi connectivity index (χ0) is 62.2. The van der Waals surface area contributed by atoms with Gasteiger partial charge in [0.15, 0.2) is 0 Å². The number of carbonyl (C=O) groups excluding carboxylic acids is 2. The summed E-state index contributed by atoms with van der Waals surface area (Å²) in [5, 5.41) is 4.33. The van der Waals surface area contributed by atoms with Crippen molar-refractivity contribution in [1.82, 2.24) is 0 Å². The average molecular weight is 1200 g/mol. The fourth-order valence-electron chi connectivity index (χ4n) is 13.0. The summed E-state index contributed by atoms with van der Waals surface area (Å²) in [6, 6.07) is 45.6. The van der Waals surface area contributed by atoms with Gasteiger partial charge in [-0.1, -0.05) is 148 Å². The predicted molar refractivity (Wildman–Crippen MR) is 339 cm³/mol. The average Bonchev–Trinajstić information content (AvgIpc) is 1.57. The lowest BCUT2D eigenvalue weighted by Crippen LogP contribution is -2.43. The maximum Gasteiger partial charge on any atom is 0.418 e. The third kappa shape index (κ3) is 10.6. The number of unbranched alkanes of at least 4 members (excludes halogenated alkanes) is 1. The third-order valence-corrected chi connectivity index (χ3v) is 16.9. The van der Waals surface area contributed by atoms with Crippen LogP contribution in [0.2, 0.25) is 0 Å². The van der Waals surface area contributed by atoms with Gasteiger partial charge in [0.1, 0.15) is 60.3 Å². The number of allylic oxidation sites excluding steroid dienone is 2. The van der Waals surface area contributed by atoms with E-state index in [0.29, 0.717) is 67.8 Å². The number of amides is 2. The summed E-state index contributed by atoms with van der Waals surface area (Å²) in [7, 11) is 0. The molecule has 2 aliphatic heterocycles. The van der Waals surface area contributed by atoms with Crippen LogP contribution in [0.25, 0.3) is 38.4 Å². The van der Waals surface area contributed by atoms with E-state index < -0.39 is 46.1 Å². The number of halogens is 6. The van der Waals surface area contributed by atoms with Crippen molar-refractivity contribution in [2.45, 2.75) is 42.4 Å². The SMILES string of the molecule is C=CCOC1=CCc2ccc(C3(c4ccc5cc(OCC=C)ccc5c4)C(=O)N(CCCCN4C(=O)C(c5ccc6cc(OCC=C)ccc6c5)(c5ccc6cc(OCC=C)ccc6c5)c5cccc(C(F)(F)F)c54)c4c(C(F)(F)F)cccc43)cc2C=C1. The minimum absolute atomic E-state index is 0.0382. The Bertz CT molecular complexity index is 4310. The fourth-order valence-corrected chi connectivity index (χ4v) is 13.0. The molecular weight excluding hydrogens is 1140 g/mol. The molecule has 12 rings (SSSR count). The molecule has 0 N–H and O–H groups in total. The molecule has 0 saturated heterocycles. The Morgan fingerprint density at radius 3 is 1.21 bits per heavy atom. The lowest BCUT2D eigenvalue weighted by atomic mass is 9.69. The van der Waals surface area contributed by atoms with Gasteiger partial charge in [0.2, 0.25) is 11.8 Å². The number of alkyl halides is 6. The van der Waals surface area contributed by atoms with Crippen LogP contribution in [0.4, 0.5) is 37.7 Å². The van der Waals surface area contributed by atoms with Gasteiger partial charge in [0.25, 0.3) is 0 Å². The standard InChI is InChI=1S/C75H60F6N2O6/c1-5-37-86-60-30-21-48-17-26-56(41-49(48)22-31-60)72(57-27-18-53-45-61(87-38-6-2)32-23-50(53)42-57)64-13-11-15-66(74(76,77)78)68(64)82(70(72)84)35-9-10-36-83-69-65(14-12-16-67(69)75(79,80)81)73(71(83)85,58-28-19-54-46-62(88-39-7-3)33-24-51(54)43-58)59-29-20-55-47-63(89-40-8-4)34-25-52(55)44-59/h5-8,11-20,22-34,41-47H,1-4,9-10,21,35-40H2. The zero-order valence-corrected chi connectivity index (χ0v) is 48.4. The van der Waals surface area contributed by atoms with E-state index in [2.05, 4.69) is 26.3 Å². The Labute approximate surface area is 511 Å². The van der Waals surface area contributed by atoms with E-state index in [1.54, 1.807) is 85.0 Å². The van der Waals surface area contributed by atoms with Crippen molar-refractivity contribution in [3.8, 4) is 17.2 Å². The molecule has 0 radical (unpaired) electrons. The minimum Gasteiger partial charge on any atom is -0.490 e. The van der Waals surface area contributed by atoms with Crippen LogP contribution < -0.4 is 24.0 Å². The second-order valence-electron chi connectivity index (χ2n) is 22.1. The molecule has 0 bridgehead atoms. The zero-order valence-electron chi connectivity index (χ0n) is 48.4. The van der Waals surface area contributed by atoms with Crippen molar-refractivity contribution in [2.75, 3.05) is 49.3 Å². The number of ether oxygens (including phenoxy) is 4. The number of benzene rings is 9. The van der Waals surface area contributed by atoms with Crippen molar-refractivity contribution in [3.05, 3.63) is 288 Å². The molecule has 9 aromatic carbocycles. The van der Waals surface area contributed by atoms with E-state index in [9.17, 15) is 0 Å².